The summed E-state index contributed by atoms with van der Waals surface area (Å²) in [5, 5.41) is 1.17. The summed E-state index contributed by atoms with van der Waals surface area (Å²) in [6.45, 7) is 2.09. The van der Waals surface area contributed by atoms with Gasteiger partial charge in [0.05, 0.1) is 18.3 Å². The standard InChI is InChI=1S/C19H17NO/c1-14-6-11-19-16(12-14)8-10-17(20-19)9-7-15-4-3-5-18(13-15)21-2/h3-13H,1-2H3/b9-7+. The van der Waals surface area contributed by atoms with Crippen LogP contribution in [0.25, 0.3) is 23.1 Å². The van der Waals surface area contributed by atoms with Gasteiger partial charge in [-0.05, 0) is 48.9 Å². The minimum Gasteiger partial charge on any atom is -0.497 e. The van der Waals surface area contributed by atoms with Crippen molar-refractivity contribution in [2.45, 2.75) is 6.92 Å². The number of rotatable bonds is 3. The predicted octanol–water partition coefficient (Wildman–Crippen LogP) is 4.72. The molecule has 1 aromatic heterocycles. The molecule has 0 saturated carbocycles. The van der Waals surface area contributed by atoms with Gasteiger partial charge in [-0.3, -0.25) is 0 Å². The molecule has 0 fully saturated rings. The molecule has 2 aromatic carbocycles. The number of pyridine rings is 1. The quantitative estimate of drug-likeness (QED) is 0.690. The van der Waals surface area contributed by atoms with Gasteiger partial charge in [-0.2, -0.15) is 0 Å². The highest BCUT2D eigenvalue weighted by Gasteiger charge is 1.97. The van der Waals surface area contributed by atoms with E-state index in [1.165, 1.54) is 10.9 Å². The Morgan fingerprint density at radius 3 is 2.71 bits per heavy atom. The van der Waals surface area contributed by atoms with Crippen molar-refractivity contribution in [2.24, 2.45) is 0 Å². The van der Waals surface area contributed by atoms with Crippen molar-refractivity contribution in [3.8, 4) is 5.75 Å². The van der Waals surface area contributed by atoms with Crippen LogP contribution in [0.4, 0.5) is 0 Å². The van der Waals surface area contributed by atoms with E-state index in [9.17, 15) is 0 Å². The van der Waals surface area contributed by atoms with Crippen LogP contribution in [-0.2, 0) is 0 Å². The molecule has 2 heteroatoms. The van der Waals surface area contributed by atoms with Crippen molar-refractivity contribution in [2.75, 3.05) is 7.11 Å². The van der Waals surface area contributed by atoms with Crippen molar-refractivity contribution in [1.82, 2.24) is 4.98 Å². The van der Waals surface area contributed by atoms with E-state index in [-0.39, 0.29) is 0 Å². The summed E-state index contributed by atoms with van der Waals surface area (Å²) in [7, 11) is 1.68. The minimum absolute atomic E-state index is 0.860. The smallest absolute Gasteiger partial charge is 0.119 e. The first kappa shape index (κ1) is 13.4. The third-order valence-corrected chi connectivity index (χ3v) is 3.41. The Morgan fingerprint density at radius 2 is 1.86 bits per heavy atom. The molecule has 0 radical (unpaired) electrons. The molecule has 3 aromatic rings. The number of methoxy groups -OCH3 is 1. The number of nitrogens with zero attached hydrogens (tertiary/aromatic N) is 1. The maximum Gasteiger partial charge on any atom is 0.119 e. The van der Waals surface area contributed by atoms with E-state index in [1.54, 1.807) is 7.11 Å². The highest BCUT2D eigenvalue weighted by atomic mass is 16.5. The Labute approximate surface area is 124 Å². The molecule has 0 amide bonds. The first-order chi connectivity index (χ1) is 10.2. The van der Waals surface area contributed by atoms with Crippen LogP contribution in [0.2, 0.25) is 0 Å². The van der Waals surface area contributed by atoms with E-state index in [4.69, 9.17) is 4.74 Å². The minimum atomic E-state index is 0.860. The number of hydrogen-bond donors (Lipinski definition) is 0. The summed E-state index contributed by atoms with van der Waals surface area (Å²) < 4.78 is 5.23. The zero-order valence-electron chi connectivity index (χ0n) is 12.2. The third-order valence-electron chi connectivity index (χ3n) is 3.41. The monoisotopic (exact) mass is 275 g/mol. The Hall–Kier alpha value is -2.61. The molecule has 0 saturated heterocycles. The zero-order chi connectivity index (χ0) is 14.7. The highest BCUT2D eigenvalue weighted by Crippen LogP contribution is 2.17. The molecule has 0 spiro atoms. The largest absolute Gasteiger partial charge is 0.497 e. The lowest BCUT2D eigenvalue weighted by atomic mass is 10.1. The Kier molecular flexibility index (Phi) is 3.69. The molecule has 0 aliphatic heterocycles. The first-order valence-electron chi connectivity index (χ1n) is 6.94. The van der Waals surface area contributed by atoms with Gasteiger partial charge in [-0.1, -0.05) is 35.9 Å². The molecule has 0 N–H and O–H groups in total. The van der Waals surface area contributed by atoms with Crippen molar-refractivity contribution in [3.63, 3.8) is 0 Å². The van der Waals surface area contributed by atoms with E-state index >= 15 is 0 Å². The molecule has 0 atom stereocenters. The maximum atomic E-state index is 5.23. The molecular weight excluding hydrogens is 258 g/mol. The number of benzene rings is 2. The lowest BCUT2D eigenvalue weighted by Crippen LogP contribution is -1.84. The fourth-order valence-corrected chi connectivity index (χ4v) is 2.28. The summed E-state index contributed by atoms with van der Waals surface area (Å²) in [6, 6.07) is 18.4. The normalized spacial score (nSPS) is 11.1. The van der Waals surface area contributed by atoms with E-state index < -0.39 is 0 Å². The molecule has 2 nitrogen and oxygen atoms in total. The van der Waals surface area contributed by atoms with Gasteiger partial charge in [0.1, 0.15) is 5.75 Å². The molecular formula is C19H17NO. The fourth-order valence-electron chi connectivity index (χ4n) is 2.28. The van der Waals surface area contributed by atoms with Gasteiger partial charge in [0.2, 0.25) is 0 Å². The highest BCUT2D eigenvalue weighted by molar-refractivity contribution is 5.81. The van der Waals surface area contributed by atoms with Crippen LogP contribution >= 0.6 is 0 Å². The molecule has 0 aliphatic rings. The number of aryl methyl sites for hydroxylation is 1. The SMILES string of the molecule is COc1cccc(/C=C/c2ccc3cc(C)ccc3n2)c1. The summed E-state index contributed by atoms with van der Waals surface area (Å²) in [4.78, 5) is 4.66. The summed E-state index contributed by atoms with van der Waals surface area (Å²) in [5.41, 5.74) is 4.33. The van der Waals surface area contributed by atoms with Crippen LogP contribution in [0.15, 0.2) is 54.6 Å². The second-order valence-corrected chi connectivity index (χ2v) is 5.04. The van der Waals surface area contributed by atoms with Gasteiger partial charge in [0, 0.05) is 5.39 Å². The lowest BCUT2D eigenvalue weighted by Gasteiger charge is -2.01. The second kappa shape index (κ2) is 5.80. The zero-order valence-corrected chi connectivity index (χ0v) is 12.2. The van der Waals surface area contributed by atoms with Gasteiger partial charge in [-0.25, -0.2) is 4.98 Å². The summed E-state index contributed by atoms with van der Waals surface area (Å²) in [5.74, 6) is 0.860. The molecule has 3 rings (SSSR count). The molecule has 104 valence electrons. The van der Waals surface area contributed by atoms with E-state index in [2.05, 4.69) is 36.2 Å². The Morgan fingerprint density at radius 1 is 0.952 bits per heavy atom. The average molecular weight is 275 g/mol. The third kappa shape index (κ3) is 3.11. The van der Waals surface area contributed by atoms with Gasteiger partial charge in [-0.15, -0.1) is 0 Å². The summed E-state index contributed by atoms with van der Waals surface area (Å²) in [6.07, 6.45) is 4.07. The van der Waals surface area contributed by atoms with Crippen LogP contribution in [0.1, 0.15) is 16.8 Å². The van der Waals surface area contributed by atoms with Crippen molar-refractivity contribution in [3.05, 3.63) is 71.4 Å². The van der Waals surface area contributed by atoms with Gasteiger partial charge in [0.25, 0.3) is 0 Å². The molecule has 21 heavy (non-hydrogen) atoms. The van der Waals surface area contributed by atoms with Gasteiger partial charge < -0.3 is 4.74 Å². The topological polar surface area (TPSA) is 22.1 Å². The first-order valence-corrected chi connectivity index (χ1v) is 6.94. The van der Waals surface area contributed by atoms with Crippen LogP contribution < -0.4 is 4.74 Å². The number of ether oxygens (including phenoxy) is 1. The van der Waals surface area contributed by atoms with E-state index in [0.717, 1.165) is 22.5 Å². The van der Waals surface area contributed by atoms with Gasteiger partial charge >= 0.3 is 0 Å². The van der Waals surface area contributed by atoms with E-state index in [0.29, 0.717) is 0 Å². The number of aromatic nitrogens is 1. The van der Waals surface area contributed by atoms with E-state index in [1.807, 2.05) is 42.5 Å². The fraction of sp³-hybridized carbons (Fsp3) is 0.105. The lowest BCUT2D eigenvalue weighted by molar-refractivity contribution is 0.414. The average Bonchev–Trinajstić information content (AvgIpc) is 2.53. The van der Waals surface area contributed by atoms with Gasteiger partial charge in [0.15, 0.2) is 0 Å². The van der Waals surface area contributed by atoms with Crippen LogP contribution in [-0.4, -0.2) is 12.1 Å². The molecule has 0 unspecified atom stereocenters. The number of fused-ring (bicyclic) bond motifs is 1. The van der Waals surface area contributed by atoms with Crippen LogP contribution in [0.3, 0.4) is 0 Å². The Balaban J connectivity index is 1.90. The number of hydrogen-bond acceptors (Lipinski definition) is 2. The maximum absolute atomic E-state index is 5.23. The van der Waals surface area contributed by atoms with Crippen LogP contribution in [0, 0.1) is 6.92 Å². The van der Waals surface area contributed by atoms with Crippen molar-refractivity contribution < 1.29 is 4.74 Å². The van der Waals surface area contributed by atoms with Crippen molar-refractivity contribution >= 4 is 23.1 Å². The molecule has 0 aliphatic carbocycles. The second-order valence-electron chi connectivity index (χ2n) is 5.04. The summed E-state index contributed by atoms with van der Waals surface area (Å²) >= 11 is 0. The Bertz CT molecular complexity index is 806. The molecule has 1 heterocycles. The molecule has 0 bridgehead atoms. The van der Waals surface area contributed by atoms with Crippen molar-refractivity contribution in [1.29, 1.82) is 0 Å². The predicted molar refractivity (Wildman–Crippen MR) is 88.4 cm³/mol. The van der Waals surface area contributed by atoms with Crippen LogP contribution in [0.5, 0.6) is 5.75 Å².